The summed E-state index contributed by atoms with van der Waals surface area (Å²) in [4.78, 5) is 0. The molecule has 0 aliphatic rings. The van der Waals surface area contributed by atoms with Gasteiger partial charge < -0.3 is 5.73 Å². The molecular weight excluding hydrogens is 377 g/mol. The van der Waals surface area contributed by atoms with Crippen LogP contribution in [0.5, 0.6) is 0 Å². The van der Waals surface area contributed by atoms with Crippen LogP contribution in [0.1, 0.15) is 5.82 Å². The topological polar surface area (TPSA) is 94.0 Å². The molecule has 1 aromatic carbocycles. The molecule has 0 saturated carbocycles. The van der Waals surface area contributed by atoms with Gasteiger partial charge in [-0.3, -0.25) is 5.43 Å². The van der Waals surface area contributed by atoms with Crippen LogP contribution in [0.4, 0.5) is 0 Å². The maximum absolute atomic E-state index is 5.25. The lowest BCUT2D eigenvalue weighted by atomic mass is 10.3. The molecule has 2 aromatic rings. The van der Waals surface area contributed by atoms with Gasteiger partial charge in [0.1, 0.15) is 0 Å². The van der Waals surface area contributed by atoms with Gasteiger partial charge in [0.25, 0.3) is 0 Å². The fourth-order valence-electron chi connectivity index (χ4n) is 1.35. The van der Waals surface area contributed by atoms with Crippen LogP contribution in [0, 0.1) is 3.57 Å². The van der Waals surface area contributed by atoms with Crippen molar-refractivity contribution < 1.29 is 0 Å². The van der Waals surface area contributed by atoms with E-state index in [1.165, 1.54) is 0 Å². The molecule has 9 heteroatoms. The third-order valence-corrected chi connectivity index (χ3v) is 2.96. The third kappa shape index (κ3) is 3.92. The number of halogens is 1. The summed E-state index contributed by atoms with van der Waals surface area (Å²) in [7, 11) is 0. The molecule has 0 aliphatic heterocycles. The number of benzene rings is 1. The lowest BCUT2D eigenvalue weighted by molar-refractivity contribution is 0.775. The van der Waals surface area contributed by atoms with Gasteiger partial charge in [0, 0.05) is 16.2 Å². The molecule has 0 amide bonds. The van der Waals surface area contributed by atoms with Gasteiger partial charge in [-0.1, -0.05) is 0 Å². The van der Waals surface area contributed by atoms with Gasteiger partial charge in [0.2, 0.25) is 0 Å². The highest BCUT2D eigenvalue weighted by atomic mass is 127. The second kappa shape index (κ2) is 6.52. The molecule has 0 saturated heterocycles. The van der Waals surface area contributed by atoms with E-state index in [-0.39, 0.29) is 5.11 Å². The average molecular weight is 387 g/mol. The Hall–Kier alpha value is -1.62. The summed E-state index contributed by atoms with van der Waals surface area (Å²) in [6, 6.07) is 7.88. The van der Waals surface area contributed by atoms with Crippen LogP contribution in [-0.4, -0.2) is 31.5 Å². The number of hydrogen-bond acceptors (Lipinski definition) is 5. The Morgan fingerprint density at radius 3 is 2.89 bits per heavy atom. The smallest absolute Gasteiger partial charge is 0.184 e. The van der Waals surface area contributed by atoms with Gasteiger partial charge in [0.15, 0.2) is 10.9 Å². The normalized spacial score (nSPS) is 10.8. The Labute approximate surface area is 128 Å². The van der Waals surface area contributed by atoms with Crippen molar-refractivity contribution in [3.05, 3.63) is 33.7 Å². The predicted molar refractivity (Wildman–Crippen MR) is 84.0 cm³/mol. The number of rotatable bonds is 4. The van der Waals surface area contributed by atoms with E-state index >= 15 is 0 Å². The SMILES string of the molecule is NC(=S)N/N=C/Cc1nnnn1-c1ccc(I)cc1. The third-order valence-electron chi connectivity index (χ3n) is 2.15. The summed E-state index contributed by atoms with van der Waals surface area (Å²) in [6.45, 7) is 0. The quantitative estimate of drug-likeness (QED) is 0.346. The summed E-state index contributed by atoms with van der Waals surface area (Å²) in [6.07, 6.45) is 2.07. The zero-order valence-electron chi connectivity index (χ0n) is 9.69. The van der Waals surface area contributed by atoms with E-state index in [9.17, 15) is 0 Å². The summed E-state index contributed by atoms with van der Waals surface area (Å²) >= 11 is 6.87. The first-order chi connectivity index (χ1) is 9.16. The monoisotopic (exact) mass is 387 g/mol. The molecule has 0 spiro atoms. The van der Waals surface area contributed by atoms with Gasteiger partial charge in [-0.2, -0.15) is 9.78 Å². The molecule has 7 nitrogen and oxygen atoms in total. The molecule has 0 aliphatic carbocycles. The van der Waals surface area contributed by atoms with Gasteiger partial charge >= 0.3 is 0 Å². The van der Waals surface area contributed by atoms with Crippen LogP contribution >= 0.6 is 34.8 Å². The Kier molecular flexibility index (Phi) is 4.74. The van der Waals surface area contributed by atoms with E-state index in [4.69, 9.17) is 5.73 Å². The fraction of sp³-hybridized carbons (Fsp3) is 0.100. The van der Waals surface area contributed by atoms with Gasteiger partial charge in [-0.15, -0.1) is 5.10 Å². The van der Waals surface area contributed by atoms with Crippen molar-refractivity contribution in [1.82, 2.24) is 25.6 Å². The number of aromatic nitrogens is 4. The molecule has 0 bridgehead atoms. The van der Waals surface area contributed by atoms with Gasteiger partial charge in [-0.05, 0) is 69.5 Å². The zero-order valence-corrected chi connectivity index (χ0v) is 12.7. The van der Waals surface area contributed by atoms with Crippen LogP contribution in [0.2, 0.25) is 0 Å². The zero-order chi connectivity index (χ0) is 13.7. The lowest BCUT2D eigenvalue weighted by Crippen LogP contribution is -2.24. The van der Waals surface area contributed by atoms with Crippen LogP contribution in [-0.2, 0) is 6.42 Å². The summed E-state index contributed by atoms with van der Waals surface area (Å²) in [5.74, 6) is 0.676. The fourth-order valence-corrected chi connectivity index (χ4v) is 1.76. The average Bonchev–Trinajstić information content (AvgIpc) is 2.84. The molecule has 1 aromatic heterocycles. The molecule has 0 radical (unpaired) electrons. The van der Waals surface area contributed by atoms with Gasteiger partial charge in [0.05, 0.1) is 5.69 Å². The molecule has 98 valence electrons. The van der Waals surface area contributed by atoms with Gasteiger partial charge in [-0.25, -0.2) is 0 Å². The Bertz CT molecular complexity index is 592. The predicted octanol–water partition coefficient (Wildman–Crippen LogP) is 0.628. The lowest BCUT2D eigenvalue weighted by Gasteiger charge is -2.02. The van der Waals surface area contributed by atoms with Crippen molar-refractivity contribution in [3.8, 4) is 5.69 Å². The summed E-state index contributed by atoms with van der Waals surface area (Å²) < 4.78 is 2.81. The van der Waals surface area contributed by atoms with Crippen molar-refractivity contribution in [2.45, 2.75) is 6.42 Å². The van der Waals surface area contributed by atoms with E-state index in [1.807, 2.05) is 24.3 Å². The second-order valence-electron chi connectivity index (χ2n) is 3.48. The largest absolute Gasteiger partial charge is 0.375 e. The van der Waals surface area contributed by atoms with E-state index in [2.05, 4.69) is 60.9 Å². The molecule has 1 heterocycles. The molecular formula is C10H10IN7S. The van der Waals surface area contributed by atoms with Crippen LogP contribution in [0.15, 0.2) is 29.4 Å². The number of thiocarbonyl (C=S) groups is 1. The highest BCUT2D eigenvalue weighted by molar-refractivity contribution is 14.1. The minimum absolute atomic E-state index is 0.119. The van der Waals surface area contributed by atoms with Crippen LogP contribution in [0.25, 0.3) is 5.69 Å². The van der Waals surface area contributed by atoms with Crippen LogP contribution < -0.4 is 11.2 Å². The van der Waals surface area contributed by atoms with E-state index in [0.717, 1.165) is 9.26 Å². The highest BCUT2D eigenvalue weighted by Crippen LogP contribution is 2.11. The van der Waals surface area contributed by atoms with E-state index < -0.39 is 0 Å². The Morgan fingerprint density at radius 1 is 1.47 bits per heavy atom. The second-order valence-corrected chi connectivity index (χ2v) is 5.16. The van der Waals surface area contributed by atoms with E-state index in [1.54, 1.807) is 10.9 Å². The minimum Gasteiger partial charge on any atom is -0.375 e. The molecule has 0 fully saturated rings. The van der Waals surface area contributed by atoms with Crippen molar-refractivity contribution in [3.63, 3.8) is 0 Å². The molecule has 0 unspecified atom stereocenters. The molecule has 3 N–H and O–H groups in total. The number of hydrogen-bond donors (Lipinski definition) is 2. The summed E-state index contributed by atoms with van der Waals surface area (Å²) in [5.41, 5.74) is 8.62. The first-order valence-electron chi connectivity index (χ1n) is 5.27. The van der Waals surface area contributed by atoms with Crippen molar-refractivity contribution in [1.29, 1.82) is 0 Å². The maximum atomic E-state index is 5.25. The molecule has 2 rings (SSSR count). The van der Waals surface area contributed by atoms with Crippen molar-refractivity contribution in [2.75, 3.05) is 0 Å². The van der Waals surface area contributed by atoms with Crippen molar-refractivity contribution >= 4 is 46.1 Å². The Morgan fingerprint density at radius 2 is 2.21 bits per heavy atom. The number of nitrogens with two attached hydrogens (primary N) is 1. The molecule has 19 heavy (non-hydrogen) atoms. The highest BCUT2D eigenvalue weighted by Gasteiger charge is 2.06. The number of hydrazone groups is 1. The van der Waals surface area contributed by atoms with Crippen LogP contribution in [0.3, 0.4) is 0 Å². The van der Waals surface area contributed by atoms with E-state index in [0.29, 0.717) is 12.2 Å². The standard InChI is InChI=1S/C10H10IN7S/c11-7-1-3-8(4-2-7)18-9(14-16-17-18)5-6-13-15-10(12)19/h1-4,6H,5H2,(H3,12,15,19)/b13-6+. The minimum atomic E-state index is 0.119. The first-order valence-corrected chi connectivity index (χ1v) is 6.75. The van der Waals surface area contributed by atoms with Crippen molar-refractivity contribution in [2.24, 2.45) is 10.8 Å². The number of nitrogens with one attached hydrogen (secondary N) is 1. The first kappa shape index (κ1) is 13.8. The molecule has 0 atom stereocenters. The number of nitrogens with zero attached hydrogens (tertiary/aromatic N) is 5. The Balaban J connectivity index is 2.11. The number of tetrazole rings is 1. The summed E-state index contributed by atoms with van der Waals surface area (Å²) in [5, 5.41) is 15.5. The maximum Gasteiger partial charge on any atom is 0.184 e.